The number of hydrogen-bond donors (Lipinski definition) is 2. The largest absolute Gasteiger partial charge is 0.375 e. The van der Waals surface area contributed by atoms with Crippen molar-refractivity contribution in [3.05, 3.63) is 29.3 Å². The second-order valence-corrected chi connectivity index (χ2v) is 7.14. The van der Waals surface area contributed by atoms with E-state index in [0.29, 0.717) is 9.47 Å². The molecule has 1 aromatic carbocycles. The van der Waals surface area contributed by atoms with Gasteiger partial charge in [-0.05, 0) is 31.0 Å². The van der Waals surface area contributed by atoms with Crippen molar-refractivity contribution < 1.29 is 14.3 Å². The predicted octanol–water partition coefficient (Wildman–Crippen LogP) is 2.47. The Bertz CT molecular complexity index is 733. The lowest BCUT2D eigenvalue weighted by molar-refractivity contribution is -0.119. The highest BCUT2D eigenvalue weighted by molar-refractivity contribution is 8.01. The number of nitrogens with zero attached hydrogens (tertiary/aromatic N) is 2. The first-order valence-corrected chi connectivity index (χ1v) is 8.91. The zero-order valence-electron chi connectivity index (χ0n) is 13.6. The van der Waals surface area contributed by atoms with Crippen LogP contribution in [0.5, 0.6) is 0 Å². The van der Waals surface area contributed by atoms with Crippen LogP contribution in [0.25, 0.3) is 0 Å². The summed E-state index contributed by atoms with van der Waals surface area (Å²) < 4.78 is 5.33. The van der Waals surface area contributed by atoms with E-state index in [1.165, 1.54) is 30.2 Å². The van der Waals surface area contributed by atoms with Gasteiger partial charge >= 0.3 is 0 Å². The molecule has 2 N–H and O–H groups in total. The fraction of sp³-hybridized carbons (Fsp3) is 0.333. The minimum atomic E-state index is -0.294. The monoisotopic (exact) mass is 366 g/mol. The number of methoxy groups -OCH3 is 1. The average molecular weight is 366 g/mol. The molecule has 2 amide bonds. The Balaban J connectivity index is 1.85. The smallest absolute Gasteiger partial charge is 0.252 e. The van der Waals surface area contributed by atoms with E-state index in [9.17, 15) is 9.59 Å². The Kier molecular flexibility index (Phi) is 6.71. The lowest BCUT2D eigenvalue weighted by atomic mass is 10.1. The van der Waals surface area contributed by atoms with Crippen LogP contribution < -0.4 is 10.6 Å². The summed E-state index contributed by atoms with van der Waals surface area (Å²) in [4.78, 5) is 23.4. The van der Waals surface area contributed by atoms with Crippen LogP contribution in [0.1, 0.15) is 11.1 Å². The Morgan fingerprint density at radius 1 is 1.21 bits per heavy atom. The van der Waals surface area contributed by atoms with Gasteiger partial charge in [0.15, 0.2) is 4.34 Å². The first-order valence-electron chi connectivity index (χ1n) is 7.10. The molecule has 0 saturated heterocycles. The van der Waals surface area contributed by atoms with Crippen LogP contribution in [0.15, 0.2) is 22.5 Å². The molecule has 0 aliphatic heterocycles. The molecule has 1 aromatic heterocycles. The van der Waals surface area contributed by atoms with E-state index in [1.807, 2.05) is 32.0 Å². The number of nitrogens with one attached hydrogen (secondary N) is 2. The number of thioether (sulfide) groups is 1. The molecule has 0 spiro atoms. The van der Waals surface area contributed by atoms with E-state index in [0.717, 1.165) is 16.8 Å². The number of carbonyl (C=O) groups excluding carboxylic acids is 2. The third-order valence-electron chi connectivity index (χ3n) is 3.13. The van der Waals surface area contributed by atoms with Crippen molar-refractivity contribution in [1.29, 1.82) is 0 Å². The summed E-state index contributed by atoms with van der Waals surface area (Å²) >= 11 is 2.48. The predicted molar refractivity (Wildman–Crippen MR) is 95.7 cm³/mol. The average Bonchev–Trinajstić information content (AvgIpc) is 2.97. The van der Waals surface area contributed by atoms with Crippen molar-refractivity contribution >= 4 is 45.7 Å². The molecule has 7 nitrogen and oxygen atoms in total. The van der Waals surface area contributed by atoms with Gasteiger partial charge in [-0.15, -0.1) is 10.2 Å². The van der Waals surface area contributed by atoms with E-state index < -0.39 is 0 Å². The van der Waals surface area contributed by atoms with Crippen molar-refractivity contribution in [2.45, 2.75) is 18.2 Å². The van der Waals surface area contributed by atoms with Crippen molar-refractivity contribution in [2.24, 2.45) is 0 Å². The van der Waals surface area contributed by atoms with E-state index in [2.05, 4.69) is 20.8 Å². The molecule has 9 heteroatoms. The quantitative estimate of drug-likeness (QED) is 0.578. The van der Waals surface area contributed by atoms with Crippen LogP contribution in [0.4, 0.5) is 10.8 Å². The second kappa shape index (κ2) is 8.76. The highest BCUT2D eigenvalue weighted by Gasteiger charge is 2.11. The first-order chi connectivity index (χ1) is 11.5. The maximum atomic E-state index is 12.1. The van der Waals surface area contributed by atoms with E-state index >= 15 is 0 Å². The van der Waals surface area contributed by atoms with Gasteiger partial charge in [0.1, 0.15) is 6.61 Å². The summed E-state index contributed by atoms with van der Waals surface area (Å²) in [6.45, 7) is 3.93. The summed E-state index contributed by atoms with van der Waals surface area (Å²) in [7, 11) is 1.44. The van der Waals surface area contributed by atoms with E-state index in [-0.39, 0.29) is 24.2 Å². The lowest BCUT2D eigenvalue weighted by Gasteiger charge is -2.09. The van der Waals surface area contributed by atoms with Gasteiger partial charge in [0.25, 0.3) is 5.91 Å². The third-order valence-corrected chi connectivity index (χ3v) is 5.11. The van der Waals surface area contributed by atoms with Gasteiger partial charge in [0.2, 0.25) is 11.0 Å². The normalized spacial score (nSPS) is 10.5. The molecule has 0 atom stereocenters. The van der Waals surface area contributed by atoms with Gasteiger partial charge in [-0.3, -0.25) is 14.9 Å². The van der Waals surface area contributed by atoms with Crippen LogP contribution in [0.2, 0.25) is 0 Å². The Hall–Kier alpha value is -1.97. The summed E-state index contributed by atoms with van der Waals surface area (Å²) in [5.41, 5.74) is 2.99. The number of carbonyl (C=O) groups is 2. The zero-order valence-corrected chi connectivity index (χ0v) is 15.2. The molecule has 0 unspecified atom stereocenters. The van der Waals surface area contributed by atoms with Crippen LogP contribution in [0, 0.1) is 13.8 Å². The minimum absolute atomic E-state index is 0.0414. The van der Waals surface area contributed by atoms with Crippen molar-refractivity contribution in [3.63, 3.8) is 0 Å². The fourth-order valence-electron chi connectivity index (χ4n) is 1.81. The van der Waals surface area contributed by atoms with E-state index in [1.54, 1.807) is 0 Å². The fourth-order valence-corrected chi connectivity index (χ4v) is 3.37. The topological polar surface area (TPSA) is 93.2 Å². The van der Waals surface area contributed by atoms with Crippen LogP contribution in [0.3, 0.4) is 0 Å². The first kappa shape index (κ1) is 18.4. The summed E-state index contributed by atoms with van der Waals surface area (Å²) in [6.07, 6.45) is 0. The zero-order chi connectivity index (χ0) is 17.5. The number of ether oxygens (including phenoxy) is 1. The Labute approximate surface area is 148 Å². The molecule has 1 heterocycles. The SMILES string of the molecule is COCC(=O)Nc1nnc(SCC(=O)Nc2cccc(C)c2C)s1. The number of anilines is 2. The maximum Gasteiger partial charge on any atom is 0.252 e. The number of amides is 2. The van der Waals surface area contributed by atoms with Gasteiger partial charge in [0, 0.05) is 12.8 Å². The van der Waals surface area contributed by atoms with Gasteiger partial charge in [-0.2, -0.15) is 0 Å². The molecule has 0 aliphatic rings. The Morgan fingerprint density at radius 2 is 2.00 bits per heavy atom. The summed E-state index contributed by atoms with van der Waals surface area (Å²) in [5, 5.41) is 13.6. The van der Waals surface area contributed by atoms with Crippen molar-refractivity contribution in [2.75, 3.05) is 30.1 Å². The van der Waals surface area contributed by atoms with Gasteiger partial charge in [-0.25, -0.2) is 0 Å². The second-order valence-electron chi connectivity index (χ2n) is 4.94. The van der Waals surface area contributed by atoms with Crippen molar-refractivity contribution in [1.82, 2.24) is 10.2 Å². The number of aromatic nitrogens is 2. The molecule has 24 heavy (non-hydrogen) atoms. The summed E-state index contributed by atoms with van der Waals surface area (Å²) in [6, 6.07) is 5.78. The number of hydrogen-bond acceptors (Lipinski definition) is 7. The Morgan fingerprint density at radius 3 is 2.75 bits per heavy atom. The van der Waals surface area contributed by atoms with Crippen molar-refractivity contribution in [3.8, 4) is 0 Å². The maximum absolute atomic E-state index is 12.1. The molecular formula is C15H18N4O3S2. The van der Waals surface area contributed by atoms with Crippen LogP contribution >= 0.6 is 23.1 Å². The van der Waals surface area contributed by atoms with Gasteiger partial charge < -0.3 is 10.1 Å². The number of rotatable bonds is 7. The van der Waals surface area contributed by atoms with E-state index in [4.69, 9.17) is 4.74 Å². The number of aryl methyl sites for hydroxylation is 1. The highest BCUT2D eigenvalue weighted by atomic mass is 32.2. The molecular weight excluding hydrogens is 348 g/mol. The lowest BCUT2D eigenvalue weighted by Crippen LogP contribution is -2.16. The molecule has 0 bridgehead atoms. The molecule has 0 aliphatic carbocycles. The van der Waals surface area contributed by atoms with Crippen LogP contribution in [-0.4, -0.2) is 41.5 Å². The standard InChI is InChI=1S/C15H18N4O3S2/c1-9-5-4-6-11(10(9)2)16-13(21)8-23-15-19-18-14(24-15)17-12(20)7-22-3/h4-6H,7-8H2,1-3H3,(H,16,21)(H,17,18,20). The summed E-state index contributed by atoms with van der Waals surface area (Å²) in [5.74, 6) is -0.194. The minimum Gasteiger partial charge on any atom is -0.375 e. The molecule has 0 saturated carbocycles. The highest BCUT2D eigenvalue weighted by Crippen LogP contribution is 2.26. The van der Waals surface area contributed by atoms with Gasteiger partial charge in [-0.1, -0.05) is 35.2 Å². The molecule has 0 radical (unpaired) electrons. The van der Waals surface area contributed by atoms with Crippen LogP contribution in [-0.2, 0) is 14.3 Å². The molecule has 2 rings (SSSR count). The third kappa shape index (κ3) is 5.29. The molecule has 2 aromatic rings. The molecule has 0 fully saturated rings. The molecule has 128 valence electrons. The van der Waals surface area contributed by atoms with Gasteiger partial charge in [0.05, 0.1) is 5.75 Å². The number of benzene rings is 1.